The number of aryl methyl sites for hydroxylation is 1. The Hall–Kier alpha value is -2.45. The highest BCUT2D eigenvalue weighted by Crippen LogP contribution is 2.32. The molecule has 0 radical (unpaired) electrons. The third-order valence-electron chi connectivity index (χ3n) is 5.15. The Kier molecular flexibility index (Phi) is 8.64. The lowest BCUT2D eigenvalue weighted by Crippen LogP contribution is -2.34. The standard InChI is InChI=1S/C24H29ClFN3O3/c1-4-21(30)15-28(12-13-31-3)16-23-17(2)27-29(20-10-8-18(25)9-11-20)24(23)32-22-7-5-6-19(26)14-22/h5-11,14,21,30H,4,12-13,15-16H2,1-3H3. The zero-order valence-electron chi connectivity index (χ0n) is 18.6. The van der Waals surface area contributed by atoms with Crippen LogP contribution in [0.25, 0.3) is 5.69 Å². The molecule has 0 saturated heterocycles. The van der Waals surface area contributed by atoms with Crippen molar-refractivity contribution in [2.75, 3.05) is 26.8 Å². The minimum atomic E-state index is -0.453. The summed E-state index contributed by atoms with van der Waals surface area (Å²) in [6.07, 6.45) is 0.199. The van der Waals surface area contributed by atoms with E-state index < -0.39 is 6.10 Å². The third-order valence-corrected chi connectivity index (χ3v) is 5.40. The molecule has 1 atom stereocenters. The van der Waals surface area contributed by atoms with Crippen molar-refractivity contribution < 1.29 is 19.0 Å². The van der Waals surface area contributed by atoms with Crippen molar-refractivity contribution in [2.45, 2.75) is 32.9 Å². The molecule has 0 aliphatic rings. The molecule has 1 heterocycles. The van der Waals surface area contributed by atoms with Gasteiger partial charge in [-0.2, -0.15) is 5.10 Å². The van der Waals surface area contributed by atoms with Crippen LogP contribution >= 0.6 is 11.6 Å². The summed E-state index contributed by atoms with van der Waals surface area (Å²) in [7, 11) is 1.65. The van der Waals surface area contributed by atoms with Crippen LogP contribution in [0.4, 0.5) is 4.39 Å². The first-order chi connectivity index (χ1) is 15.4. The molecule has 0 fully saturated rings. The Morgan fingerprint density at radius 1 is 1.22 bits per heavy atom. The SMILES string of the molecule is CCC(O)CN(CCOC)Cc1c(C)nn(-c2ccc(Cl)cc2)c1Oc1cccc(F)c1. The molecule has 3 rings (SSSR count). The van der Waals surface area contributed by atoms with E-state index in [0.29, 0.717) is 49.3 Å². The first kappa shape index (κ1) is 24.2. The normalized spacial score (nSPS) is 12.3. The van der Waals surface area contributed by atoms with E-state index in [1.54, 1.807) is 36.1 Å². The van der Waals surface area contributed by atoms with Gasteiger partial charge in [0, 0.05) is 37.8 Å². The number of hydrogen-bond acceptors (Lipinski definition) is 5. The second-order valence-corrected chi connectivity index (χ2v) is 8.04. The Labute approximate surface area is 193 Å². The van der Waals surface area contributed by atoms with Gasteiger partial charge in [-0.05, 0) is 49.7 Å². The summed E-state index contributed by atoms with van der Waals surface area (Å²) < 4.78 is 26.9. The fraction of sp³-hybridized carbons (Fsp3) is 0.375. The molecule has 1 unspecified atom stereocenters. The monoisotopic (exact) mass is 461 g/mol. The Morgan fingerprint density at radius 2 is 1.97 bits per heavy atom. The lowest BCUT2D eigenvalue weighted by atomic mass is 10.2. The number of hydrogen-bond donors (Lipinski definition) is 1. The summed E-state index contributed by atoms with van der Waals surface area (Å²) in [6.45, 7) is 6.00. The van der Waals surface area contributed by atoms with Crippen molar-refractivity contribution >= 4 is 11.6 Å². The fourth-order valence-corrected chi connectivity index (χ4v) is 3.46. The third kappa shape index (κ3) is 6.29. The first-order valence-corrected chi connectivity index (χ1v) is 11.0. The molecule has 3 aromatic rings. The number of rotatable bonds is 11. The van der Waals surface area contributed by atoms with Crippen LogP contribution in [0.2, 0.25) is 5.02 Å². The van der Waals surface area contributed by atoms with E-state index in [9.17, 15) is 9.50 Å². The molecule has 0 saturated carbocycles. The average Bonchev–Trinajstić information content (AvgIpc) is 3.07. The summed E-state index contributed by atoms with van der Waals surface area (Å²) in [5, 5.41) is 15.5. The van der Waals surface area contributed by atoms with Crippen LogP contribution in [0.1, 0.15) is 24.6 Å². The zero-order valence-corrected chi connectivity index (χ0v) is 19.3. The number of ether oxygens (including phenoxy) is 2. The lowest BCUT2D eigenvalue weighted by Gasteiger charge is -2.24. The number of aromatic nitrogens is 2. The minimum absolute atomic E-state index is 0.374. The average molecular weight is 462 g/mol. The van der Waals surface area contributed by atoms with Crippen LogP contribution in [-0.4, -0.2) is 52.7 Å². The topological polar surface area (TPSA) is 59.8 Å². The molecule has 0 amide bonds. The van der Waals surface area contributed by atoms with Crippen LogP contribution in [-0.2, 0) is 11.3 Å². The molecule has 0 spiro atoms. The molecule has 8 heteroatoms. The maximum Gasteiger partial charge on any atom is 0.227 e. The number of aliphatic hydroxyl groups excluding tert-OH is 1. The van der Waals surface area contributed by atoms with Crippen molar-refractivity contribution in [1.29, 1.82) is 0 Å². The van der Waals surface area contributed by atoms with Crippen molar-refractivity contribution in [2.24, 2.45) is 0 Å². The summed E-state index contributed by atoms with van der Waals surface area (Å²) in [4.78, 5) is 2.10. The first-order valence-electron chi connectivity index (χ1n) is 10.6. The number of benzene rings is 2. The van der Waals surface area contributed by atoms with E-state index in [-0.39, 0.29) is 5.82 Å². The fourth-order valence-electron chi connectivity index (χ4n) is 3.33. The van der Waals surface area contributed by atoms with Crippen LogP contribution in [0, 0.1) is 12.7 Å². The smallest absolute Gasteiger partial charge is 0.227 e. The van der Waals surface area contributed by atoms with Gasteiger partial charge in [-0.1, -0.05) is 24.6 Å². The van der Waals surface area contributed by atoms with Gasteiger partial charge in [0.05, 0.1) is 29.7 Å². The van der Waals surface area contributed by atoms with Crippen LogP contribution in [0.5, 0.6) is 11.6 Å². The second-order valence-electron chi connectivity index (χ2n) is 7.61. The van der Waals surface area contributed by atoms with Gasteiger partial charge in [-0.25, -0.2) is 9.07 Å². The minimum Gasteiger partial charge on any atom is -0.438 e. The highest BCUT2D eigenvalue weighted by Gasteiger charge is 2.22. The van der Waals surface area contributed by atoms with E-state index in [4.69, 9.17) is 26.2 Å². The highest BCUT2D eigenvalue weighted by molar-refractivity contribution is 6.30. The molecule has 1 N–H and O–H groups in total. The van der Waals surface area contributed by atoms with Crippen LogP contribution in [0.15, 0.2) is 48.5 Å². The van der Waals surface area contributed by atoms with Gasteiger partial charge >= 0.3 is 0 Å². The molecule has 32 heavy (non-hydrogen) atoms. The number of aliphatic hydroxyl groups is 1. The maximum absolute atomic E-state index is 13.8. The molecule has 172 valence electrons. The van der Waals surface area contributed by atoms with Crippen molar-refractivity contribution in [3.05, 3.63) is 70.6 Å². The van der Waals surface area contributed by atoms with Crippen molar-refractivity contribution in [3.63, 3.8) is 0 Å². The maximum atomic E-state index is 13.8. The van der Waals surface area contributed by atoms with E-state index in [2.05, 4.69) is 4.90 Å². The Morgan fingerprint density at radius 3 is 2.62 bits per heavy atom. The van der Waals surface area contributed by atoms with Gasteiger partial charge in [0.2, 0.25) is 5.88 Å². The van der Waals surface area contributed by atoms with Gasteiger partial charge in [0.1, 0.15) is 11.6 Å². The molecule has 0 aliphatic carbocycles. The molecule has 2 aromatic carbocycles. The van der Waals surface area contributed by atoms with Crippen LogP contribution < -0.4 is 4.74 Å². The van der Waals surface area contributed by atoms with E-state index in [1.807, 2.05) is 26.0 Å². The van der Waals surface area contributed by atoms with Gasteiger partial charge < -0.3 is 14.6 Å². The highest BCUT2D eigenvalue weighted by atomic mass is 35.5. The Bertz CT molecular complexity index is 1010. The van der Waals surface area contributed by atoms with E-state index in [0.717, 1.165) is 16.9 Å². The largest absolute Gasteiger partial charge is 0.438 e. The van der Waals surface area contributed by atoms with Gasteiger partial charge in [-0.15, -0.1) is 0 Å². The van der Waals surface area contributed by atoms with Crippen molar-refractivity contribution in [1.82, 2.24) is 14.7 Å². The summed E-state index contributed by atoms with van der Waals surface area (Å²) in [5.74, 6) is 0.480. The quantitative estimate of drug-likeness (QED) is 0.436. The number of nitrogens with zero attached hydrogens (tertiary/aromatic N) is 3. The van der Waals surface area contributed by atoms with Crippen molar-refractivity contribution in [3.8, 4) is 17.3 Å². The summed E-state index contributed by atoms with van der Waals surface area (Å²) >= 11 is 6.06. The van der Waals surface area contributed by atoms with Gasteiger partial charge in [0.25, 0.3) is 0 Å². The Balaban J connectivity index is 2.02. The predicted molar refractivity (Wildman–Crippen MR) is 123 cm³/mol. The molecule has 0 aliphatic heterocycles. The number of methoxy groups -OCH3 is 1. The summed E-state index contributed by atoms with van der Waals surface area (Å²) in [6, 6.07) is 13.3. The predicted octanol–water partition coefficient (Wildman–Crippen LogP) is 4.98. The van der Waals surface area contributed by atoms with Gasteiger partial charge in [-0.3, -0.25) is 4.90 Å². The number of halogens is 2. The van der Waals surface area contributed by atoms with Crippen LogP contribution in [0.3, 0.4) is 0 Å². The lowest BCUT2D eigenvalue weighted by molar-refractivity contribution is 0.0825. The molecule has 0 bridgehead atoms. The molecular formula is C24H29ClFN3O3. The van der Waals surface area contributed by atoms with E-state index >= 15 is 0 Å². The van der Waals surface area contributed by atoms with E-state index in [1.165, 1.54) is 12.1 Å². The molecular weight excluding hydrogens is 433 g/mol. The summed E-state index contributed by atoms with van der Waals surface area (Å²) in [5.41, 5.74) is 2.40. The second kappa shape index (κ2) is 11.4. The van der Waals surface area contributed by atoms with Gasteiger partial charge in [0.15, 0.2) is 0 Å². The zero-order chi connectivity index (χ0) is 23.1. The molecule has 1 aromatic heterocycles. The molecule has 6 nitrogen and oxygen atoms in total.